The van der Waals surface area contributed by atoms with E-state index in [9.17, 15) is 9.18 Å². The smallest absolute Gasteiger partial charge is 0.258 e. The van der Waals surface area contributed by atoms with Crippen LogP contribution in [0.25, 0.3) is 0 Å². The van der Waals surface area contributed by atoms with Crippen molar-refractivity contribution in [1.82, 2.24) is 5.32 Å². The second kappa shape index (κ2) is 7.07. The van der Waals surface area contributed by atoms with Gasteiger partial charge >= 0.3 is 0 Å². The number of halogens is 1. The molecule has 0 fully saturated rings. The average Bonchev–Trinajstić information content (AvgIpc) is 2.48. The number of amides is 1. The number of ether oxygens (including phenoxy) is 1. The van der Waals surface area contributed by atoms with Gasteiger partial charge in [0, 0.05) is 6.07 Å². The van der Waals surface area contributed by atoms with Crippen LogP contribution in [-0.4, -0.2) is 12.5 Å². The molecule has 0 aromatic heterocycles. The number of hydrogen-bond acceptors (Lipinski definition) is 2. The van der Waals surface area contributed by atoms with Crippen LogP contribution in [0.5, 0.6) is 5.75 Å². The molecule has 0 unspecified atom stereocenters. The van der Waals surface area contributed by atoms with Crippen LogP contribution in [0.15, 0.2) is 42.5 Å². The summed E-state index contributed by atoms with van der Waals surface area (Å²) in [5, 5.41) is 2.87. The Morgan fingerprint density at radius 1 is 1.18 bits per heavy atom. The van der Waals surface area contributed by atoms with Crippen LogP contribution in [0.1, 0.15) is 29.7 Å². The Hall–Kier alpha value is -2.36. The number of rotatable bonds is 5. The summed E-state index contributed by atoms with van der Waals surface area (Å²) in [6.45, 7) is 5.87. The Balaban J connectivity index is 1.89. The van der Waals surface area contributed by atoms with Crippen molar-refractivity contribution in [2.24, 2.45) is 0 Å². The van der Waals surface area contributed by atoms with Gasteiger partial charge < -0.3 is 10.1 Å². The summed E-state index contributed by atoms with van der Waals surface area (Å²) < 4.78 is 18.3. The predicted octanol–water partition coefficient (Wildman–Crippen LogP) is 3.70. The van der Waals surface area contributed by atoms with Gasteiger partial charge in [-0.2, -0.15) is 0 Å². The third kappa shape index (κ3) is 4.32. The maximum atomic E-state index is 13.0. The standard InChI is InChI=1S/C18H20FNO2/c1-12-7-8-15(9-13(12)2)14(3)20-18(21)11-22-17-6-4-5-16(19)10-17/h4-10,14H,11H2,1-3H3,(H,20,21)/t14-/m1/s1. The fourth-order valence-electron chi connectivity index (χ4n) is 2.11. The van der Waals surface area contributed by atoms with E-state index < -0.39 is 0 Å². The minimum Gasteiger partial charge on any atom is -0.484 e. The van der Waals surface area contributed by atoms with Crippen molar-refractivity contribution < 1.29 is 13.9 Å². The van der Waals surface area contributed by atoms with Gasteiger partial charge in [-0.15, -0.1) is 0 Å². The lowest BCUT2D eigenvalue weighted by molar-refractivity contribution is -0.123. The number of aryl methyl sites for hydroxylation is 2. The number of benzene rings is 2. The second-order valence-electron chi connectivity index (χ2n) is 5.38. The van der Waals surface area contributed by atoms with Crippen LogP contribution in [0, 0.1) is 19.7 Å². The van der Waals surface area contributed by atoms with Crippen LogP contribution in [0.4, 0.5) is 4.39 Å². The van der Waals surface area contributed by atoms with Gasteiger partial charge in [0.15, 0.2) is 6.61 Å². The first kappa shape index (κ1) is 16.0. The normalized spacial score (nSPS) is 11.8. The quantitative estimate of drug-likeness (QED) is 0.914. The fourth-order valence-corrected chi connectivity index (χ4v) is 2.11. The van der Waals surface area contributed by atoms with Crippen molar-refractivity contribution in [3.8, 4) is 5.75 Å². The predicted molar refractivity (Wildman–Crippen MR) is 84.4 cm³/mol. The molecule has 0 bridgehead atoms. The van der Waals surface area contributed by atoms with E-state index in [0.717, 1.165) is 5.56 Å². The molecular formula is C18H20FNO2. The molecule has 2 aromatic rings. The van der Waals surface area contributed by atoms with E-state index in [4.69, 9.17) is 4.74 Å². The molecule has 0 aliphatic rings. The third-order valence-corrected chi connectivity index (χ3v) is 3.57. The SMILES string of the molecule is Cc1ccc([C@@H](C)NC(=O)COc2cccc(F)c2)cc1C. The summed E-state index contributed by atoms with van der Waals surface area (Å²) in [7, 11) is 0. The van der Waals surface area contributed by atoms with Crippen molar-refractivity contribution in [3.05, 3.63) is 65.0 Å². The highest BCUT2D eigenvalue weighted by Gasteiger charge is 2.11. The van der Waals surface area contributed by atoms with Gasteiger partial charge in [0.1, 0.15) is 11.6 Å². The molecule has 0 saturated heterocycles. The Labute approximate surface area is 130 Å². The summed E-state index contributed by atoms with van der Waals surface area (Å²) in [6.07, 6.45) is 0. The van der Waals surface area contributed by atoms with Crippen molar-refractivity contribution in [3.63, 3.8) is 0 Å². The number of carbonyl (C=O) groups is 1. The zero-order valence-corrected chi connectivity index (χ0v) is 13.0. The molecule has 3 nitrogen and oxygen atoms in total. The van der Waals surface area contributed by atoms with Gasteiger partial charge in [0.2, 0.25) is 0 Å². The summed E-state index contributed by atoms with van der Waals surface area (Å²) in [6, 6.07) is 11.7. The highest BCUT2D eigenvalue weighted by Crippen LogP contribution is 2.17. The summed E-state index contributed by atoms with van der Waals surface area (Å²) in [5.41, 5.74) is 3.45. The van der Waals surface area contributed by atoms with E-state index in [1.807, 2.05) is 26.0 Å². The van der Waals surface area contributed by atoms with Crippen LogP contribution in [0.2, 0.25) is 0 Å². The molecule has 1 atom stereocenters. The van der Waals surface area contributed by atoms with E-state index in [-0.39, 0.29) is 24.4 Å². The summed E-state index contributed by atoms with van der Waals surface area (Å²) >= 11 is 0. The first-order chi connectivity index (χ1) is 10.5. The van der Waals surface area contributed by atoms with Gasteiger partial charge in [-0.05, 0) is 49.6 Å². The molecule has 0 heterocycles. The maximum Gasteiger partial charge on any atom is 0.258 e. The van der Waals surface area contributed by atoms with Gasteiger partial charge in [0.25, 0.3) is 5.91 Å². The molecular weight excluding hydrogens is 281 g/mol. The van der Waals surface area contributed by atoms with Crippen molar-refractivity contribution in [1.29, 1.82) is 0 Å². The van der Waals surface area contributed by atoms with E-state index in [1.54, 1.807) is 12.1 Å². The Bertz CT molecular complexity index is 670. The lowest BCUT2D eigenvalue weighted by Gasteiger charge is -2.16. The van der Waals surface area contributed by atoms with E-state index in [2.05, 4.69) is 18.3 Å². The zero-order valence-electron chi connectivity index (χ0n) is 13.0. The van der Waals surface area contributed by atoms with E-state index in [0.29, 0.717) is 5.75 Å². The highest BCUT2D eigenvalue weighted by atomic mass is 19.1. The van der Waals surface area contributed by atoms with E-state index >= 15 is 0 Å². The molecule has 22 heavy (non-hydrogen) atoms. The summed E-state index contributed by atoms with van der Waals surface area (Å²) in [5.74, 6) is -0.287. The van der Waals surface area contributed by atoms with Crippen LogP contribution in [-0.2, 0) is 4.79 Å². The highest BCUT2D eigenvalue weighted by molar-refractivity contribution is 5.78. The fraction of sp³-hybridized carbons (Fsp3) is 0.278. The molecule has 0 aliphatic carbocycles. The van der Waals surface area contributed by atoms with Gasteiger partial charge in [-0.3, -0.25) is 4.79 Å². The van der Waals surface area contributed by atoms with Gasteiger partial charge in [0.05, 0.1) is 6.04 Å². The first-order valence-electron chi connectivity index (χ1n) is 7.20. The first-order valence-corrected chi connectivity index (χ1v) is 7.20. The zero-order chi connectivity index (χ0) is 16.1. The molecule has 0 saturated carbocycles. The topological polar surface area (TPSA) is 38.3 Å². The minimum absolute atomic E-state index is 0.108. The number of nitrogens with one attached hydrogen (secondary N) is 1. The Morgan fingerprint density at radius 2 is 1.95 bits per heavy atom. The van der Waals surface area contributed by atoms with Crippen LogP contribution < -0.4 is 10.1 Å². The molecule has 0 radical (unpaired) electrons. The monoisotopic (exact) mass is 301 g/mol. The van der Waals surface area contributed by atoms with Crippen LogP contribution in [0.3, 0.4) is 0 Å². The van der Waals surface area contributed by atoms with Gasteiger partial charge in [-0.1, -0.05) is 24.3 Å². The minimum atomic E-state index is -0.388. The summed E-state index contributed by atoms with van der Waals surface area (Å²) in [4.78, 5) is 11.9. The molecule has 1 amide bonds. The lowest BCUT2D eigenvalue weighted by Crippen LogP contribution is -2.31. The largest absolute Gasteiger partial charge is 0.484 e. The average molecular weight is 301 g/mol. The molecule has 0 aliphatic heterocycles. The molecule has 4 heteroatoms. The maximum absolute atomic E-state index is 13.0. The Morgan fingerprint density at radius 3 is 2.64 bits per heavy atom. The molecule has 1 N–H and O–H groups in total. The van der Waals surface area contributed by atoms with Crippen molar-refractivity contribution in [2.45, 2.75) is 26.8 Å². The Kier molecular flexibility index (Phi) is 5.15. The number of hydrogen-bond donors (Lipinski definition) is 1. The van der Waals surface area contributed by atoms with E-state index in [1.165, 1.54) is 23.3 Å². The lowest BCUT2D eigenvalue weighted by atomic mass is 10.0. The molecule has 116 valence electrons. The molecule has 2 rings (SSSR count). The van der Waals surface area contributed by atoms with Gasteiger partial charge in [-0.25, -0.2) is 4.39 Å². The second-order valence-corrected chi connectivity index (χ2v) is 5.38. The number of carbonyl (C=O) groups excluding carboxylic acids is 1. The molecule has 0 spiro atoms. The van der Waals surface area contributed by atoms with Crippen molar-refractivity contribution in [2.75, 3.05) is 6.61 Å². The molecule has 2 aromatic carbocycles. The van der Waals surface area contributed by atoms with Crippen molar-refractivity contribution >= 4 is 5.91 Å². The van der Waals surface area contributed by atoms with Crippen LogP contribution >= 0.6 is 0 Å². The third-order valence-electron chi connectivity index (χ3n) is 3.57.